The molecule has 1 N–H and O–H groups in total. The van der Waals surface area contributed by atoms with Crippen molar-refractivity contribution in [1.82, 2.24) is 9.97 Å². The van der Waals surface area contributed by atoms with Gasteiger partial charge in [0.2, 0.25) is 5.88 Å². The maximum Gasteiger partial charge on any atom is 0.340 e. The molecule has 0 atom stereocenters. The number of nitrogens with zero attached hydrogens (tertiary/aromatic N) is 1. The van der Waals surface area contributed by atoms with Gasteiger partial charge < -0.3 is 9.72 Å². The predicted molar refractivity (Wildman–Crippen MR) is 50.7 cm³/mol. The van der Waals surface area contributed by atoms with Crippen molar-refractivity contribution < 1.29 is 22.3 Å². The zero-order chi connectivity index (χ0) is 13.1. The highest BCUT2D eigenvalue weighted by Gasteiger charge is 2.41. The van der Waals surface area contributed by atoms with Gasteiger partial charge in [-0.05, 0) is 0 Å². The molecule has 96 valence electrons. The van der Waals surface area contributed by atoms with Crippen LogP contribution in [0.5, 0.6) is 5.88 Å². The number of hydrogen-bond acceptors (Lipinski definition) is 3. The van der Waals surface area contributed by atoms with Crippen LogP contribution in [0.1, 0.15) is 12.7 Å². The van der Waals surface area contributed by atoms with Gasteiger partial charge in [0, 0.05) is 6.42 Å². The number of alkyl halides is 4. The summed E-state index contributed by atoms with van der Waals surface area (Å²) in [5, 5.41) is 0. The SMILES string of the molecule is CCc1nc(OCC(F)(F)C(F)F)cc(=O)[nH]1. The Morgan fingerprint density at radius 3 is 2.71 bits per heavy atom. The Balaban J connectivity index is 2.76. The van der Waals surface area contributed by atoms with E-state index in [9.17, 15) is 22.4 Å². The van der Waals surface area contributed by atoms with Crippen molar-refractivity contribution >= 4 is 0 Å². The van der Waals surface area contributed by atoms with Gasteiger partial charge in [0.05, 0.1) is 6.07 Å². The Labute approximate surface area is 93.6 Å². The smallest absolute Gasteiger partial charge is 0.340 e. The highest BCUT2D eigenvalue weighted by Crippen LogP contribution is 2.23. The van der Waals surface area contributed by atoms with Crippen molar-refractivity contribution in [1.29, 1.82) is 0 Å². The van der Waals surface area contributed by atoms with E-state index in [4.69, 9.17) is 0 Å². The first-order valence-corrected chi connectivity index (χ1v) is 4.74. The highest BCUT2D eigenvalue weighted by atomic mass is 19.3. The van der Waals surface area contributed by atoms with Crippen LogP contribution in [0.3, 0.4) is 0 Å². The van der Waals surface area contributed by atoms with Crippen molar-refractivity contribution in [3.63, 3.8) is 0 Å². The Morgan fingerprint density at radius 1 is 1.53 bits per heavy atom. The zero-order valence-corrected chi connectivity index (χ0v) is 8.84. The summed E-state index contributed by atoms with van der Waals surface area (Å²) in [4.78, 5) is 17.0. The fourth-order valence-corrected chi connectivity index (χ4v) is 0.958. The second-order valence-electron chi connectivity index (χ2n) is 3.23. The molecular weight excluding hydrogens is 244 g/mol. The largest absolute Gasteiger partial charge is 0.471 e. The number of aryl methyl sites for hydroxylation is 1. The number of aromatic nitrogens is 2. The molecule has 0 saturated heterocycles. The molecule has 1 rings (SSSR count). The average molecular weight is 254 g/mol. The molecule has 0 amide bonds. The monoisotopic (exact) mass is 254 g/mol. The molecule has 0 aliphatic heterocycles. The number of H-pyrrole nitrogens is 1. The molecule has 0 aliphatic rings. The van der Waals surface area contributed by atoms with Crippen LogP contribution in [-0.4, -0.2) is 28.9 Å². The minimum atomic E-state index is -4.27. The summed E-state index contributed by atoms with van der Waals surface area (Å²) >= 11 is 0. The van der Waals surface area contributed by atoms with Crippen LogP contribution in [0.4, 0.5) is 17.6 Å². The normalized spacial score (nSPS) is 11.9. The van der Waals surface area contributed by atoms with Crippen LogP contribution in [-0.2, 0) is 6.42 Å². The lowest BCUT2D eigenvalue weighted by Crippen LogP contribution is -2.34. The third kappa shape index (κ3) is 3.72. The maximum absolute atomic E-state index is 12.5. The Morgan fingerprint density at radius 2 is 2.18 bits per heavy atom. The van der Waals surface area contributed by atoms with E-state index in [2.05, 4.69) is 14.7 Å². The van der Waals surface area contributed by atoms with Crippen LogP contribution < -0.4 is 10.3 Å². The van der Waals surface area contributed by atoms with Crippen molar-refractivity contribution in [3.05, 3.63) is 22.2 Å². The van der Waals surface area contributed by atoms with Crippen LogP contribution in [0, 0.1) is 0 Å². The first-order chi connectivity index (χ1) is 7.85. The van der Waals surface area contributed by atoms with Crippen LogP contribution in [0.15, 0.2) is 10.9 Å². The van der Waals surface area contributed by atoms with Crippen LogP contribution in [0.25, 0.3) is 0 Å². The average Bonchev–Trinajstić information content (AvgIpc) is 2.25. The summed E-state index contributed by atoms with van der Waals surface area (Å²) in [5.74, 6) is -4.43. The molecule has 0 aliphatic carbocycles. The lowest BCUT2D eigenvalue weighted by molar-refractivity contribution is -0.148. The molecule has 1 heterocycles. The van der Waals surface area contributed by atoms with Gasteiger partial charge in [-0.2, -0.15) is 8.78 Å². The summed E-state index contributed by atoms with van der Waals surface area (Å²) in [6.45, 7) is 0.153. The molecule has 1 aromatic rings. The molecule has 0 aromatic carbocycles. The van der Waals surface area contributed by atoms with E-state index in [-0.39, 0.29) is 5.82 Å². The van der Waals surface area contributed by atoms with Gasteiger partial charge >= 0.3 is 12.3 Å². The summed E-state index contributed by atoms with van der Waals surface area (Å²) in [7, 11) is 0. The third-order valence-corrected chi connectivity index (χ3v) is 1.83. The van der Waals surface area contributed by atoms with E-state index in [1.807, 2.05) is 0 Å². The zero-order valence-electron chi connectivity index (χ0n) is 8.84. The summed E-state index contributed by atoms with van der Waals surface area (Å²) in [6, 6.07) is 0.820. The summed E-state index contributed by atoms with van der Waals surface area (Å²) in [6.07, 6.45) is -3.47. The molecule has 0 saturated carbocycles. The van der Waals surface area contributed by atoms with Gasteiger partial charge in [-0.25, -0.2) is 13.8 Å². The summed E-state index contributed by atoms with van der Waals surface area (Å²) in [5.41, 5.74) is -0.591. The molecule has 17 heavy (non-hydrogen) atoms. The molecule has 0 radical (unpaired) electrons. The molecule has 1 aromatic heterocycles. The minimum absolute atomic E-state index is 0.230. The van der Waals surface area contributed by atoms with E-state index in [0.717, 1.165) is 6.07 Å². The predicted octanol–water partition coefficient (Wildman–Crippen LogP) is 1.61. The molecular formula is C9H10F4N2O2. The molecule has 0 fully saturated rings. The van der Waals surface area contributed by atoms with E-state index in [0.29, 0.717) is 6.42 Å². The van der Waals surface area contributed by atoms with Crippen LogP contribution >= 0.6 is 0 Å². The highest BCUT2D eigenvalue weighted by molar-refractivity contribution is 5.09. The third-order valence-electron chi connectivity index (χ3n) is 1.83. The molecule has 0 unspecified atom stereocenters. The van der Waals surface area contributed by atoms with Gasteiger partial charge in [-0.1, -0.05) is 6.92 Å². The quantitative estimate of drug-likeness (QED) is 0.812. The van der Waals surface area contributed by atoms with Gasteiger partial charge in [0.1, 0.15) is 5.82 Å². The standard InChI is InChI=1S/C9H10F4N2O2/c1-2-5-14-6(16)3-7(15-5)17-4-9(12,13)8(10)11/h3,8H,2,4H2,1H3,(H,14,15,16). The Kier molecular flexibility index (Phi) is 4.08. The number of ether oxygens (including phenoxy) is 1. The molecule has 8 heteroatoms. The van der Waals surface area contributed by atoms with E-state index in [1.54, 1.807) is 6.92 Å². The Bertz CT molecular complexity index is 433. The second-order valence-corrected chi connectivity index (χ2v) is 3.23. The lowest BCUT2D eigenvalue weighted by atomic mass is 10.4. The number of halogens is 4. The van der Waals surface area contributed by atoms with Crippen molar-refractivity contribution in [2.24, 2.45) is 0 Å². The Hall–Kier alpha value is -1.60. The number of aromatic amines is 1. The molecule has 0 bridgehead atoms. The van der Waals surface area contributed by atoms with E-state index >= 15 is 0 Å². The topological polar surface area (TPSA) is 55.0 Å². The molecule has 4 nitrogen and oxygen atoms in total. The van der Waals surface area contributed by atoms with Gasteiger partial charge in [-0.3, -0.25) is 4.79 Å². The number of rotatable bonds is 5. The van der Waals surface area contributed by atoms with Gasteiger partial charge in [0.15, 0.2) is 6.61 Å². The van der Waals surface area contributed by atoms with Crippen molar-refractivity contribution in [2.75, 3.05) is 6.61 Å². The van der Waals surface area contributed by atoms with E-state index in [1.165, 1.54) is 0 Å². The van der Waals surface area contributed by atoms with Crippen molar-refractivity contribution in [3.8, 4) is 5.88 Å². The molecule has 0 spiro atoms. The first-order valence-electron chi connectivity index (χ1n) is 4.74. The van der Waals surface area contributed by atoms with Gasteiger partial charge in [-0.15, -0.1) is 0 Å². The second kappa shape index (κ2) is 5.15. The number of hydrogen-bond donors (Lipinski definition) is 1. The maximum atomic E-state index is 12.5. The number of nitrogens with one attached hydrogen (secondary N) is 1. The van der Waals surface area contributed by atoms with Gasteiger partial charge in [0.25, 0.3) is 5.56 Å². The van der Waals surface area contributed by atoms with Crippen molar-refractivity contribution in [2.45, 2.75) is 25.7 Å². The summed E-state index contributed by atoms with van der Waals surface area (Å²) < 4.78 is 53.1. The minimum Gasteiger partial charge on any atom is -0.471 e. The fraction of sp³-hybridized carbons (Fsp3) is 0.556. The van der Waals surface area contributed by atoms with E-state index < -0.39 is 30.4 Å². The fourth-order valence-electron chi connectivity index (χ4n) is 0.958. The first kappa shape index (κ1) is 13.5. The lowest BCUT2D eigenvalue weighted by Gasteiger charge is -2.15. The van der Waals surface area contributed by atoms with Crippen LogP contribution in [0.2, 0.25) is 0 Å².